The van der Waals surface area contributed by atoms with Gasteiger partial charge < -0.3 is 10.2 Å². The van der Waals surface area contributed by atoms with Crippen LogP contribution in [0.4, 0.5) is 0 Å². The van der Waals surface area contributed by atoms with Gasteiger partial charge in [0.2, 0.25) is 0 Å². The summed E-state index contributed by atoms with van der Waals surface area (Å²) < 4.78 is 1.16. The first-order valence-corrected chi connectivity index (χ1v) is 8.69. The zero-order valence-corrected chi connectivity index (χ0v) is 14.5. The zero-order chi connectivity index (χ0) is 13.9. The normalized spacial score (nSPS) is 18.5. The van der Waals surface area contributed by atoms with Crippen molar-refractivity contribution >= 4 is 39.8 Å². The highest BCUT2D eigenvalue weighted by molar-refractivity contribution is 14.1. The van der Waals surface area contributed by atoms with Gasteiger partial charge in [0, 0.05) is 17.5 Å². The Morgan fingerprint density at radius 3 is 2.63 bits per heavy atom. The molecule has 0 saturated heterocycles. The molecule has 5 heteroatoms. The van der Waals surface area contributed by atoms with Crippen molar-refractivity contribution < 1.29 is 4.79 Å². The lowest BCUT2D eigenvalue weighted by Crippen LogP contribution is -2.53. The van der Waals surface area contributed by atoms with Gasteiger partial charge in [-0.2, -0.15) is 0 Å². The molecule has 0 aliphatic heterocycles. The molecule has 1 heterocycles. The molecule has 3 nitrogen and oxygen atoms in total. The second kappa shape index (κ2) is 6.54. The van der Waals surface area contributed by atoms with Crippen molar-refractivity contribution in [1.82, 2.24) is 10.2 Å². The van der Waals surface area contributed by atoms with Crippen LogP contribution in [0.1, 0.15) is 42.5 Å². The average Bonchev–Trinajstić information content (AvgIpc) is 2.83. The first kappa shape index (κ1) is 15.3. The Kier molecular flexibility index (Phi) is 5.25. The van der Waals surface area contributed by atoms with E-state index in [0.29, 0.717) is 0 Å². The Balaban J connectivity index is 1.97. The SMILES string of the molecule is CN(C)C1(CNC(=O)c2csc(I)c2)CCCCC1. The topological polar surface area (TPSA) is 32.3 Å². The molecule has 1 N–H and O–H groups in total. The molecule has 0 unspecified atom stereocenters. The number of nitrogens with one attached hydrogen (secondary N) is 1. The number of halogens is 1. The highest BCUT2D eigenvalue weighted by Gasteiger charge is 2.34. The minimum absolute atomic E-state index is 0.0611. The fourth-order valence-electron chi connectivity index (χ4n) is 2.77. The monoisotopic (exact) mass is 392 g/mol. The molecular formula is C14H21IN2OS. The summed E-state index contributed by atoms with van der Waals surface area (Å²) >= 11 is 3.86. The van der Waals surface area contributed by atoms with Gasteiger partial charge in [0.05, 0.1) is 8.45 Å². The Bertz CT molecular complexity index is 438. The molecule has 1 aliphatic carbocycles. The number of amides is 1. The smallest absolute Gasteiger partial charge is 0.252 e. The number of hydrogen-bond acceptors (Lipinski definition) is 3. The van der Waals surface area contributed by atoms with E-state index in [4.69, 9.17) is 0 Å². The van der Waals surface area contributed by atoms with Gasteiger partial charge in [-0.1, -0.05) is 19.3 Å². The quantitative estimate of drug-likeness (QED) is 0.798. The van der Waals surface area contributed by atoms with Crippen LogP contribution in [0, 0.1) is 2.88 Å². The van der Waals surface area contributed by atoms with Gasteiger partial charge in [0.15, 0.2) is 0 Å². The van der Waals surface area contributed by atoms with E-state index in [1.54, 1.807) is 11.3 Å². The predicted molar refractivity (Wildman–Crippen MR) is 88.9 cm³/mol. The summed E-state index contributed by atoms with van der Waals surface area (Å²) in [4.78, 5) is 14.4. The van der Waals surface area contributed by atoms with E-state index >= 15 is 0 Å². The number of nitrogens with zero attached hydrogens (tertiary/aromatic N) is 1. The summed E-state index contributed by atoms with van der Waals surface area (Å²) in [5.41, 5.74) is 0.941. The van der Waals surface area contributed by atoms with Gasteiger partial charge in [0.25, 0.3) is 5.91 Å². The molecule has 1 aromatic rings. The molecule has 106 valence electrons. The predicted octanol–water partition coefficient (Wildman–Crippen LogP) is 3.35. The van der Waals surface area contributed by atoms with Crippen LogP contribution < -0.4 is 5.32 Å². The third kappa shape index (κ3) is 3.70. The lowest BCUT2D eigenvalue weighted by molar-refractivity contribution is 0.0800. The van der Waals surface area contributed by atoms with E-state index in [-0.39, 0.29) is 11.4 Å². The van der Waals surface area contributed by atoms with Gasteiger partial charge in [-0.3, -0.25) is 4.79 Å². The van der Waals surface area contributed by atoms with E-state index in [2.05, 4.69) is 46.9 Å². The maximum absolute atomic E-state index is 12.1. The summed E-state index contributed by atoms with van der Waals surface area (Å²) in [6.07, 6.45) is 6.23. The molecule has 1 amide bonds. The van der Waals surface area contributed by atoms with Crippen molar-refractivity contribution in [3.8, 4) is 0 Å². The van der Waals surface area contributed by atoms with Crippen LogP contribution in [0.2, 0.25) is 0 Å². The summed E-state index contributed by atoms with van der Waals surface area (Å²) in [6.45, 7) is 0.755. The molecule has 0 atom stereocenters. The van der Waals surface area contributed by atoms with Crippen LogP contribution in [-0.2, 0) is 0 Å². The number of carbonyl (C=O) groups excluding carboxylic acids is 1. The van der Waals surface area contributed by atoms with Gasteiger partial charge in [-0.15, -0.1) is 11.3 Å². The zero-order valence-electron chi connectivity index (χ0n) is 11.5. The van der Waals surface area contributed by atoms with Gasteiger partial charge in [0.1, 0.15) is 0 Å². The fourth-order valence-corrected chi connectivity index (χ4v) is 4.09. The van der Waals surface area contributed by atoms with E-state index < -0.39 is 0 Å². The number of likely N-dealkylation sites (N-methyl/N-ethyl adjacent to an activating group) is 1. The third-order valence-corrected chi connectivity index (χ3v) is 5.93. The Morgan fingerprint density at radius 1 is 1.42 bits per heavy atom. The van der Waals surface area contributed by atoms with Gasteiger partial charge in [-0.25, -0.2) is 0 Å². The minimum atomic E-state index is 0.0611. The van der Waals surface area contributed by atoms with Crippen LogP contribution in [0.5, 0.6) is 0 Å². The lowest BCUT2D eigenvalue weighted by atomic mass is 9.80. The Morgan fingerprint density at radius 2 is 2.11 bits per heavy atom. The van der Waals surface area contributed by atoms with Crippen LogP contribution in [0.25, 0.3) is 0 Å². The summed E-state index contributed by atoms with van der Waals surface area (Å²) in [7, 11) is 4.26. The van der Waals surface area contributed by atoms with Crippen molar-refractivity contribution in [3.63, 3.8) is 0 Å². The highest BCUT2D eigenvalue weighted by atomic mass is 127. The Hall–Kier alpha value is -0.140. The standard InChI is InChI=1S/C14H21IN2OS/c1-17(2)14(6-4-3-5-7-14)10-16-13(18)11-8-12(15)19-9-11/h8-9H,3-7,10H2,1-2H3,(H,16,18). The first-order chi connectivity index (χ1) is 9.03. The molecule has 1 aliphatic rings. The number of thiophene rings is 1. The molecule has 0 bridgehead atoms. The molecule has 0 radical (unpaired) electrons. The lowest BCUT2D eigenvalue weighted by Gasteiger charge is -2.43. The Labute approximate surface area is 132 Å². The van der Waals surface area contributed by atoms with E-state index in [1.807, 2.05) is 11.4 Å². The van der Waals surface area contributed by atoms with Crippen molar-refractivity contribution in [2.45, 2.75) is 37.6 Å². The molecule has 0 spiro atoms. The van der Waals surface area contributed by atoms with Crippen molar-refractivity contribution in [2.24, 2.45) is 0 Å². The molecule has 1 fully saturated rings. The van der Waals surface area contributed by atoms with E-state index in [0.717, 1.165) is 15.0 Å². The van der Waals surface area contributed by atoms with Crippen molar-refractivity contribution in [2.75, 3.05) is 20.6 Å². The van der Waals surface area contributed by atoms with Crippen molar-refractivity contribution in [1.29, 1.82) is 0 Å². The summed E-state index contributed by atoms with van der Waals surface area (Å²) in [5.74, 6) is 0.0611. The number of hydrogen-bond donors (Lipinski definition) is 1. The molecule has 1 saturated carbocycles. The summed E-state index contributed by atoms with van der Waals surface area (Å²) in [6, 6.07) is 1.95. The highest BCUT2D eigenvalue weighted by Crippen LogP contribution is 2.31. The maximum atomic E-state index is 12.1. The second-order valence-corrected chi connectivity index (χ2v) is 8.31. The number of rotatable bonds is 4. The van der Waals surface area contributed by atoms with E-state index in [1.165, 1.54) is 32.1 Å². The van der Waals surface area contributed by atoms with Crippen LogP contribution >= 0.6 is 33.9 Å². The van der Waals surface area contributed by atoms with Crippen molar-refractivity contribution in [3.05, 3.63) is 19.9 Å². The molecule has 19 heavy (non-hydrogen) atoms. The maximum Gasteiger partial charge on any atom is 0.252 e. The number of carbonyl (C=O) groups is 1. The molecule has 0 aromatic carbocycles. The minimum Gasteiger partial charge on any atom is -0.350 e. The summed E-state index contributed by atoms with van der Waals surface area (Å²) in [5, 5.41) is 5.06. The fraction of sp³-hybridized carbons (Fsp3) is 0.643. The average molecular weight is 392 g/mol. The first-order valence-electron chi connectivity index (χ1n) is 6.73. The van der Waals surface area contributed by atoms with Gasteiger partial charge >= 0.3 is 0 Å². The second-order valence-electron chi connectivity index (χ2n) is 5.50. The van der Waals surface area contributed by atoms with E-state index in [9.17, 15) is 4.79 Å². The van der Waals surface area contributed by atoms with Gasteiger partial charge in [-0.05, 0) is 55.6 Å². The largest absolute Gasteiger partial charge is 0.350 e. The van der Waals surface area contributed by atoms with Crippen LogP contribution in [0.15, 0.2) is 11.4 Å². The molecular weight excluding hydrogens is 371 g/mol. The van der Waals surface area contributed by atoms with Crippen LogP contribution in [-0.4, -0.2) is 37.0 Å². The molecule has 1 aromatic heterocycles. The molecule has 2 rings (SSSR count). The third-order valence-electron chi connectivity index (χ3n) is 4.14. The van der Waals surface area contributed by atoms with Crippen LogP contribution in [0.3, 0.4) is 0 Å².